The number of imide groups is 1. The van der Waals surface area contributed by atoms with Crippen molar-refractivity contribution in [3.8, 4) is 0 Å². The van der Waals surface area contributed by atoms with Crippen LogP contribution in [0.2, 0.25) is 0 Å². The Morgan fingerprint density at radius 2 is 1.58 bits per heavy atom. The summed E-state index contributed by atoms with van der Waals surface area (Å²) in [5.41, 5.74) is 1.16. The van der Waals surface area contributed by atoms with E-state index in [1.807, 2.05) is 60.7 Å². The number of carbonyl (C=O) groups excluding carboxylic acids is 2. The summed E-state index contributed by atoms with van der Waals surface area (Å²) in [6.07, 6.45) is 1.84. The summed E-state index contributed by atoms with van der Waals surface area (Å²) in [4.78, 5) is 26.7. The van der Waals surface area contributed by atoms with Gasteiger partial charge in [-0.05, 0) is 42.7 Å². The second-order valence-electron chi connectivity index (χ2n) is 8.80. The van der Waals surface area contributed by atoms with Crippen molar-refractivity contribution in [3.05, 3.63) is 71.8 Å². The summed E-state index contributed by atoms with van der Waals surface area (Å²) in [6, 6.07) is 19.2. The molecule has 6 heteroatoms. The van der Waals surface area contributed by atoms with E-state index < -0.39 is 17.7 Å². The van der Waals surface area contributed by atoms with Crippen LogP contribution in [0.4, 0.5) is 4.79 Å². The number of amides is 3. The number of hydrogen-bond donors (Lipinski definition) is 2. The Morgan fingerprint density at radius 1 is 1.03 bits per heavy atom. The molecule has 2 fully saturated rings. The normalized spacial score (nSPS) is 24.6. The average molecular weight is 423 g/mol. The summed E-state index contributed by atoms with van der Waals surface area (Å²) in [6.45, 7) is 2.11. The maximum Gasteiger partial charge on any atom is 0.325 e. The lowest BCUT2D eigenvalue weighted by molar-refractivity contribution is -0.134. The van der Waals surface area contributed by atoms with E-state index in [2.05, 4.69) is 12.2 Å². The van der Waals surface area contributed by atoms with E-state index >= 15 is 0 Å². The molecule has 1 aliphatic heterocycles. The van der Waals surface area contributed by atoms with Gasteiger partial charge in [-0.15, -0.1) is 0 Å². The second-order valence-corrected chi connectivity index (χ2v) is 8.80. The Morgan fingerprint density at radius 3 is 2.13 bits per heavy atom. The van der Waals surface area contributed by atoms with Crippen molar-refractivity contribution < 1.29 is 19.4 Å². The number of hydrogen-bond acceptors (Lipinski definition) is 4. The Kier molecular flexibility index (Phi) is 6.39. The molecule has 164 valence electrons. The smallest absolute Gasteiger partial charge is 0.325 e. The standard InChI is InChI=1S/C25H30N2O4/c1-18-12-14-25(15-13-18)23(29)27(24(30)26-25)16-21(28)17-31-22(19-8-4-2-5-9-19)20-10-6-3-7-11-20/h2-11,18,21-22,28H,12-17H2,1H3,(H,26,30)/t18?,21-,25?/m1/s1. The molecule has 0 bridgehead atoms. The monoisotopic (exact) mass is 422 g/mol. The third-order valence-electron chi connectivity index (χ3n) is 6.43. The van der Waals surface area contributed by atoms with Crippen molar-refractivity contribution >= 4 is 11.9 Å². The molecule has 2 aliphatic rings. The third kappa shape index (κ3) is 4.65. The minimum Gasteiger partial charge on any atom is -0.389 e. The number of nitrogens with zero attached hydrogens (tertiary/aromatic N) is 1. The number of benzene rings is 2. The molecule has 0 aromatic heterocycles. The first-order valence-corrected chi connectivity index (χ1v) is 11.0. The first-order valence-electron chi connectivity index (χ1n) is 11.0. The molecule has 6 nitrogen and oxygen atoms in total. The van der Waals surface area contributed by atoms with Crippen LogP contribution in [0.25, 0.3) is 0 Å². The lowest BCUT2D eigenvalue weighted by atomic mass is 9.77. The van der Waals surface area contributed by atoms with Crippen molar-refractivity contribution in [1.82, 2.24) is 10.2 Å². The summed E-state index contributed by atoms with van der Waals surface area (Å²) in [5, 5.41) is 13.5. The van der Waals surface area contributed by atoms with Gasteiger partial charge in [0, 0.05) is 0 Å². The van der Waals surface area contributed by atoms with Gasteiger partial charge < -0.3 is 15.2 Å². The Hall–Kier alpha value is -2.70. The number of ether oxygens (including phenoxy) is 1. The molecule has 0 unspecified atom stereocenters. The van der Waals surface area contributed by atoms with Crippen LogP contribution in [0.1, 0.15) is 49.8 Å². The average Bonchev–Trinajstić information content (AvgIpc) is 3.01. The van der Waals surface area contributed by atoms with Gasteiger partial charge in [-0.3, -0.25) is 9.69 Å². The highest BCUT2D eigenvalue weighted by atomic mass is 16.5. The van der Waals surface area contributed by atoms with Gasteiger partial charge >= 0.3 is 6.03 Å². The number of aliphatic hydroxyl groups excluding tert-OH is 1. The van der Waals surface area contributed by atoms with E-state index in [1.54, 1.807) is 0 Å². The van der Waals surface area contributed by atoms with Crippen LogP contribution in [0.3, 0.4) is 0 Å². The zero-order chi connectivity index (χ0) is 21.8. The summed E-state index contributed by atoms with van der Waals surface area (Å²) < 4.78 is 6.09. The van der Waals surface area contributed by atoms with Gasteiger partial charge in [0.15, 0.2) is 0 Å². The number of nitrogens with one attached hydrogen (secondary N) is 1. The SMILES string of the molecule is CC1CCC2(CC1)NC(=O)N(C[C@@H](O)COC(c1ccccc1)c1ccccc1)C2=O. The van der Waals surface area contributed by atoms with E-state index in [0.717, 1.165) is 28.9 Å². The van der Waals surface area contributed by atoms with Crippen LogP contribution in [0, 0.1) is 5.92 Å². The fraction of sp³-hybridized carbons (Fsp3) is 0.440. The van der Waals surface area contributed by atoms with E-state index in [9.17, 15) is 14.7 Å². The minimum atomic E-state index is -0.970. The Bertz CT molecular complexity index is 855. The predicted molar refractivity (Wildman–Crippen MR) is 117 cm³/mol. The molecule has 2 aromatic carbocycles. The number of rotatable bonds is 7. The van der Waals surface area contributed by atoms with Crippen molar-refractivity contribution in [3.63, 3.8) is 0 Å². The van der Waals surface area contributed by atoms with Gasteiger partial charge in [0.05, 0.1) is 19.3 Å². The summed E-state index contributed by atoms with van der Waals surface area (Å²) >= 11 is 0. The largest absolute Gasteiger partial charge is 0.389 e. The van der Waals surface area contributed by atoms with Crippen molar-refractivity contribution in [2.45, 2.75) is 50.4 Å². The molecule has 1 aliphatic carbocycles. The van der Waals surface area contributed by atoms with Gasteiger partial charge in [0.1, 0.15) is 11.6 Å². The molecule has 2 aromatic rings. The fourth-order valence-corrected chi connectivity index (χ4v) is 4.55. The highest BCUT2D eigenvalue weighted by molar-refractivity contribution is 6.07. The Balaban J connectivity index is 1.40. The van der Waals surface area contributed by atoms with Crippen LogP contribution < -0.4 is 5.32 Å². The van der Waals surface area contributed by atoms with Gasteiger partial charge in [0.25, 0.3) is 5.91 Å². The van der Waals surface area contributed by atoms with Gasteiger partial charge in [-0.2, -0.15) is 0 Å². The van der Waals surface area contributed by atoms with Crippen LogP contribution in [-0.2, 0) is 9.53 Å². The Labute approximate surface area is 183 Å². The summed E-state index contributed by atoms with van der Waals surface area (Å²) in [5.74, 6) is 0.349. The molecular weight excluding hydrogens is 392 g/mol. The maximum atomic E-state index is 13.0. The highest BCUT2D eigenvalue weighted by Crippen LogP contribution is 2.36. The van der Waals surface area contributed by atoms with Gasteiger partial charge in [-0.25, -0.2) is 4.79 Å². The van der Waals surface area contributed by atoms with Crippen molar-refractivity contribution in [2.24, 2.45) is 5.92 Å². The molecule has 31 heavy (non-hydrogen) atoms. The first-order chi connectivity index (χ1) is 15.0. The fourth-order valence-electron chi connectivity index (χ4n) is 4.55. The molecule has 1 saturated carbocycles. The van der Waals surface area contributed by atoms with Crippen LogP contribution in [0.15, 0.2) is 60.7 Å². The van der Waals surface area contributed by atoms with E-state index in [4.69, 9.17) is 4.74 Å². The molecule has 1 spiro atoms. The topological polar surface area (TPSA) is 78.9 Å². The van der Waals surface area contributed by atoms with Crippen LogP contribution in [-0.4, -0.2) is 46.7 Å². The molecule has 1 atom stereocenters. The molecule has 0 radical (unpaired) electrons. The summed E-state index contributed by atoms with van der Waals surface area (Å²) in [7, 11) is 0. The van der Waals surface area contributed by atoms with Crippen molar-refractivity contribution in [2.75, 3.05) is 13.2 Å². The molecule has 2 N–H and O–H groups in total. The predicted octanol–water partition coefficient (Wildman–Crippen LogP) is 3.65. The van der Waals surface area contributed by atoms with Crippen molar-refractivity contribution in [1.29, 1.82) is 0 Å². The number of carbonyl (C=O) groups is 2. The van der Waals surface area contributed by atoms with Gasteiger partial charge in [-0.1, -0.05) is 67.6 Å². The zero-order valence-corrected chi connectivity index (χ0v) is 17.9. The van der Waals surface area contributed by atoms with E-state index in [1.165, 1.54) is 0 Å². The van der Waals surface area contributed by atoms with Crippen LogP contribution in [0.5, 0.6) is 0 Å². The zero-order valence-electron chi connectivity index (χ0n) is 17.9. The van der Waals surface area contributed by atoms with E-state index in [0.29, 0.717) is 18.8 Å². The molecule has 1 saturated heterocycles. The highest BCUT2D eigenvalue weighted by Gasteiger charge is 2.52. The molecule has 1 heterocycles. The number of aliphatic hydroxyl groups is 1. The first kappa shape index (κ1) is 21.5. The quantitative estimate of drug-likeness (QED) is 0.668. The number of β-amino-alcohol motifs (C(OH)–C–C–N with tert-alkyl or cyclic N) is 1. The lowest BCUT2D eigenvalue weighted by Gasteiger charge is -2.33. The minimum absolute atomic E-state index is 0.00947. The van der Waals surface area contributed by atoms with Gasteiger partial charge in [0.2, 0.25) is 0 Å². The van der Waals surface area contributed by atoms with Crippen LogP contribution >= 0.6 is 0 Å². The number of urea groups is 1. The second kappa shape index (κ2) is 9.20. The molecule has 4 rings (SSSR count). The third-order valence-corrected chi connectivity index (χ3v) is 6.43. The molecule has 3 amide bonds. The van der Waals surface area contributed by atoms with E-state index in [-0.39, 0.29) is 25.2 Å². The molecular formula is C25H30N2O4. The lowest BCUT2D eigenvalue weighted by Crippen LogP contribution is -2.49. The maximum absolute atomic E-state index is 13.0.